The number of rotatable bonds is 1. The van der Waals surface area contributed by atoms with Gasteiger partial charge in [-0.25, -0.2) is 13.6 Å². The van der Waals surface area contributed by atoms with Gasteiger partial charge in [0.2, 0.25) is 0 Å². The van der Waals surface area contributed by atoms with Gasteiger partial charge in [0.05, 0.1) is 12.1 Å². The van der Waals surface area contributed by atoms with Crippen LogP contribution in [0.2, 0.25) is 0 Å². The Hall–Kier alpha value is -0.910. The second kappa shape index (κ2) is 4.16. The standard InChI is InChI=1S/C10H17F2NO3/c1-9(2,3)16-8(15)13-6-4-10(11,12)5-7(6)14/h6-7,14H,4-5H2,1-3H3,(H,13,15). The number of aliphatic hydroxyl groups is 1. The van der Waals surface area contributed by atoms with E-state index in [9.17, 15) is 18.7 Å². The van der Waals surface area contributed by atoms with Crippen molar-refractivity contribution in [3.63, 3.8) is 0 Å². The molecule has 1 aliphatic carbocycles. The van der Waals surface area contributed by atoms with Gasteiger partial charge >= 0.3 is 6.09 Å². The summed E-state index contributed by atoms with van der Waals surface area (Å²) in [6.07, 6.45) is -3.17. The molecule has 2 unspecified atom stereocenters. The molecule has 0 aliphatic heterocycles. The molecule has 1 saturated carbocycles. The number of carbonyl (C=O) groups excluding carboxylic acids is 1. The number of hydrogen-bond donors (Lipinski definition) is 2. The van der Waals surface area contributed by atoms with E-state index < -0.39 is 42.6 Å². The zero-order valence-electron chi connectivity index (χ0n) is 9.59. The van der Waals surface area contributed by atoms with E-state index >= 15 is 0 Å². The van der Waals surface area contributed by atoms with E-state index in [-0.39, 0.29) is 0 Å². The van der Waals surface area contributed by atoms with Gasteiger partial charge in [-0.15, -0.1) is 0 Å². The lowest BCUT2D eigenvalue weighted by Crippen LogP contribution is -2.42. The summed E-state index contributed by atoms with van der Waals surface area (Å²) in [4.78, 5) is 11.3. The van der Waals surface area contributed by atoms with Crippen LogP contribution in [-0.4, -0.2) is 34.9 Å². The van der Waals surface area contributed by atoms with Gasteiger partial charge in [0, 0.05) is 12.8 Å². The van der Waals surface area contributed by atoms with Crippen LogP contribution in [0.1, 0.15) is 33.6 Å². The maximum atomic E-state index is 12.9. The molecular weight excluding hydrogens is 220 g/mol. The Kier molecular flexibility index (Phi) is 3.42. The van der Waals surface area contributed by atoms with Crippen LogP contribution < -0.4 is 5.32 Å². The summed E-state index contributed by atoms with van der Waals surface area (Å²) in [5, 5.41) is 11.6. The van der Waals surface area contributed by atoms with Gasteiger partial charge < -0.3 is 15.2 Å². The summed E-state index contributed by atoms with van der Waals surface area (Å²) in [5.41, 5.74) is -0.684. The van der Waals surface area contributed by atoms with E-state index in [4.69, 9.17) is 4.74 Å². The van der Waals surface area contributed by atoms with Crippen molar-refractivity contribution < 1.29 is 23.4 Å². The molecule has 0 spiro atoms. The Morgan fingerprint density at radius 1 is 1.44 bits per heavy atom. The first-order valence-electron chi connectivity index (χ1n) is 5.14. The smallest absolute Gasteiger partial charge is 0.407 e. The zero-order valence-corrected chi connectivity index (χ0v) is 9.59. The van der Waals surface area contributed by atoms with Gasteiger partial charge in [0.25, 0.3) is 5.92 Å². The minimum atomic E-state index is -2.92. The average molecular weight is 237 g/mol. The molecule has 0 aromatic heterocycles. The van der Waals surface area contributed by atoms with Gasteiger partial charge in [-0.05, 0) is 20.8 Å². The highest BCUT2D eigenvalue weighted by atomic mass is 19.3. The van der Waals surface area contributed by atoms with E-state index in [1.54, 1.807) is 20.8 Å². The number of amides is 1. The number of ether oxygens (including phenoxy) is 1. The normalized spacial score (nSPS) is 28.9. The van der Waals surface area contributed by atoms with E-state index in [1.807, 2.05) is 0 Å². The predicted molar refractivity (Wildman–Crippen MR) is 53.3 cm³/mol. The molecule has 0 aromatic carbocycles. The van der Waals surface area contributed by atoms with Crippen molar-refractivity contribution in [3.05, 3.63) is 0 Å². The lowest BCUT2D eigenvalue weighted by atomic mass is 10.2. The van der Waals surface area contributed by atoms with Crippen molar-refractivity contribution in [3.8, 4) is 0 Å². The van der Waals surface area contributed by atoms with Crippen molar-refractivity contribution in [1.29, 1.82) is 0 Å². The SMILES string of the molecule is CC(C)(C)OC(=O)NC1CC(F)(F)CC1O. The van der Waals surface area contributed by atoms with Crippen LogP contribution in [0.25, 0.3) is 0 Å². The second-order valence-electron chi connectivity index (χ2n) is 5.08. The third-order valence-corrected chi connectivity index (χ3v) is 2.19. The highest BCUT2D eigenvalue weighted by molar-refractivity contribution is 5.68. The Labute approximate surface area is 93.0 Å². The first-order chi connectivity index (χ1) is 7.09. The van der Waals surface area contributed by atoms with E-state index in [0.29, 0.717) is 0 Å². The van der Waals surface area contributed by atoms with E-state index in [1.165, 1.54) is 0 Å². The van der Waals surface area contributed by atoms with Crippen molar-refractivity contribution in [2.75, 3.05) is 0 Å². The first-order valence-corrected chi connectivity index (χ1v) is 5.14. The molecule has 0 radical (unpaired) electrons. The van der Waals surface area contributed by atoms with Crippen molar-refractivity contribution >= 4 is 6.09 Å². The summed E-state index contributed by atoms with van der Waals surface area (Å²) in [7, 11) is 0. The minimum Gasteiger partial charge on any atom is -0.444 e. The number of nitrogens with one attached hydrogen (secondary N) is 1. The van der Waals surface area contributed by atoms with Crippen LogP contribution in [0.3, 0.4) is 0 Å². The molecule has 1 amide bonds. The highest BCUT2D eigenvalue weighted by Gasteiger charge is 2.46. The Balaban J connectivity index is 2.47. The van der Waals surface area contributed by atoms with Crippen LogP contribution >= 0.6 is 0 Å². The fourth-order valence-corrected chi connectivity index (χ4v) is 1.60. The van der Waals surface area contributed by atoms with Gasteiger partial charge in [-0.2, -0.15) is 0 Å². The highest BCUT2D eigenvalue weighted by Crippen LogP contribution is 2.35. The minimum absolute atomic E-state index is 0.548. The molecule has 1 aliphatic rings. The maximum Gasteiger partial charge on any atom is 0.407 e. The molecule has 0 heterocycles. The summed E-state index contributed by atoms with van der Waals surface area (Å²) in [6, 6.07) is -0.940. The first kappa shape index (κ1) is 13.2. The van der Waals surface area contributed by atoms with Gasteiger partial charge in [0.15, 0.2) is 0 Å². The number of hydrogen-bond acceptors (Lipinski definition) is 3. The number of alkyl halides is 2. The zero-order chi connectivity index (χ0) is 12.6. The molecule has 16 heavy (non-hydrogen) atoms. The molecule has 0 bridgehead atoms. The van der Waals surface area contributed by atoms with E-state index in [0.717, 1.165) is 0 Å². The molecule has 1 rings (SSSR count). The van der Waals surface area contributed by atoms with Crippen molar-refractivity contribution in [2.45, 2.75) is 57.3 Å². The lowest BCUT2D eigenvalue weighted by Gasteiger charge is -2.22. The van der Waals surface area contributed by atoms with Crippen LogP contribution in [0.4, 0.5) is 13.6 Å². The third-order valence-electron chi connectivity index (χ3n) is 2.19. The topological polar surface area (TPSA) is 58.6 Å². The van der Waals surface area contributed by atoms with Crippen LogP contribution in [0.5, 0.6) is 0 Å². The van der Waals surface area contributed by atoms with Crippen molar-refractivity contribution in [1.82, 2.24) is 5.32 Å². The summed E-state index contributed by atoms with van der Waals surface area (Å²) in [6.45, 7) is 5.02. The molecule has 4 nitrogen and oxygen atoms in total. The lowest BCUT2D eigenvalue weighted by molar-refractivity contribution is -0.00365. The fourth-order valence-electron chi connectivity index (χ4n) is 1.60. The van der Waals surface area contributed by atoms with Crippen LogP contribution in [0, 0.1) is 0 Å². The maximum absolute atomic E-state index is 12.9. The molecule has 6 heteroatoms. The predicted octanol–water partition coefficient (Wildman–Crippen LogP) is 1.67. The van der Waals surface area contributed by atoms with Gasteiger partial charge in [0.1, 0.15) is 5.60 Å². The van der Waals surface area contributed by atoms with Crippen LogP contribution in [0.15, 0.2) is 0 Å². The number of aliphatic hydroxyl groups excluding tert-OH is 1. The molecule has 0 aromatic rings. The van der Waals surface area contributed by atoms with Gasteiger partial charge in [-0.3, -0.25) is 0 Å². The Morgan fingerprint density at radius 2 is 2.00 bits per heavy atom. The molecule has 0 saturated heterocycles. The largest absolute Gasteiger partial charge is 0.444 e. The third kappa shape index (κ3) is 3.92. The van der Waals surface area contributed by atoms with Crippen molar-refractivity contribution in [2.24, 2.45) is 0 Å². The van der Waals surface area contributed by atoms with Crippen LogP contribution in [-0.2, 0) is 4.74 Å². The van der Waals surface area contributed by atoms with Gasteiger partial charge in [-0.1, -0.05) is 0 Å². The number of carbonyl (C=O) groups is 1. The second-order valence-corrected chi connectivity index (χ2v) is 5.08. The molecule has 1 fully saturated rings. The Morgan fingerprint density at radius 3 is 2.38 bits per heavy atom. The average Bonchev–Trinajstić information content (AvgIpc) is 2.19. The van der Waals surface area contributed by atoms with E-state index in [2.05, 4.69) is 5.32 Å². The summed E-state index contributed by atoms with van der Waals surface area (Å²) < 4.78 is 30.7. The Bertz CT molecular complexity index is 276. The molecular formula is C10H17F2NO3. The molecule has 2 atom stereocenters. The molecule has 94 valence electrons. The number of halogens is 2. The summed E-state index contributed by atoms with van der Waals surface area (Å²) >= 11 is 0. The quantitative estimate of drug-likeness (QED) is 0.729. The fraction of sp³-hybridized carbons (Fsp3) is 0.900. The number of alkyl carbamates (subject to hydrolysis) is 1. The summed E-state index contributed by atoms with van der Waals surface area (Å²) in [5.74, 6) is -2.92. The molecule has 2 N–H and O–H groups in total. The monoisotopic (exact) mass is 237 g/mol.